The SMILES string of the molecule is CN(C(=O)Cc1cc(Cl)c(Cl)cc1[N+](=O)[O-])C1CCCCC1C1CCCN1. The number of hydrogen-bond donors (Lipinski definition) is 1. The number of halogens is 2. The zero-order valence-electron chi connectivity index (χ0n) is 15.4. The fraction of sp³-hybridized carbons (Fsp3) is 0.632. The molecular weight excluding hydrogens is 389 g/mol. The van der Waals surface area contributed by atoms with Crippen molar-refractivity contribution in [3.63, 3.8) is 0 Å². The van der Waals surface area contributed by atoms with Gasteiger partial charge in [-0.05, 0) is 44.2 Å². The zero-order valence-corrected chi connectivity index (χ0v) is 16.9. The molecule has 0 radical (unpaired) electrons. The summed E-state index contributed by atoms with van der Waals surface area (Å²) in [7, 11) is 1.82. The predicted octanol–water partition coefficient (Wildman–Crippen LogP) is 4.21. The van der Waals surface area contributed by atoms with Crippen molar-refractivity contribution >= 4 is 34.8 Å². The highest BCUT2D eigenvalue weighted by atomic mass is 35.5. The molecule has 1 aromatic carbocycles. The van der Waals surface area contributed by atoms with Crippen molar-refractivity contribution in [2.75, 3.05) is 13.6 Å². The van der Waals surface area contributed by atoms with Gasteiger partial charge >= 0.3 is 0 Å². The van der Waals surface area contributed by atoms with Crippen LogP contribution in [0, 0.1) is 16.0 Å². The molecule has 3 atom stereocenters. The molecule has 3 rings (SSSR count). The molecule has 1 heterocycles. The molecule has 0 aromatic heterocycles. The summed E-state index contributed by atoms with van der Waals surface area (Å²) in [6.07, 6.45) is 6.69. The van der Waals surface area contributed by atoms with Crippen molar-refractivity contribution in [2.24, 2.45) is 5.92 Å². The van der Waals surface area contributed by atoms with E-state index in [0.717, 1.165) is 32.2 Å². The quantitative estimate of drug-likeness (QED) is 0.579. The van der Waals surface area contributed by atoms with Gasteiger partial charge in [-0.15, -0.1) is 0 Å². The molecule has 0 bridgehead atoms. The molecule has 1 amide bonds. The number of benzene rings is 1. The molecule has 8 heteroatoms. The number of likely N-dealkylation sites (N-methyl/N-ethyl adjacent to an activating group) is 1. The molecule has 0 spiro atoms. The van der Waals surface area contributed by atoms with Crippen LogP contribution in [-0.2, 0) is 11.2 Å². The standard InChI is InChI=1S/C19H25Cl2N3O3/c1-23(17-7-3-2-5-13(17)16-6-4-8-22-16)19(25)10-12-9-14(20)15(21)11-18(12)24(26)27/h9,11,13,16-17,22H,2-8,10H2,1H3. The summed E-state index contributed by atoms with van der Waals surface area (Å²) in [6, 6.07) is 3.29. The molecule has 148 valence electrons. The molecule has 6 nitrogen and oxygen atoms in total. The molecule has 27 heavy (non-hydrogen) atoms. The van der Waals surface area contributed by atoms with Crippen LogP contribution in [0.5, 0.6) is 0 Å². The van der Waals surface area contributed by atoms with Crippen LogP contribution in [0.1, 0.15) is 44.1 Å². The van der Waals surface area contributed by atoms with Crippen LogP contribution in [0.2, 0.25) is 10.0 Å². The molecule has 2 aliphatic rings. The predicted molar refractivity (Wildman–Crippen MR) is 106 cm³/mol. The maximum Gasteiger partial charge on any atom is 0.274 e. The molecule has 1 saturated heterocycles. The van der Waals surface area contributed by atoms with Crippen molar-refractivity contribution in [1.29, 1.82) is 0 Å². The second-order valence-electron chi connectivity index (χ2n) is 7.55. The van der Waals surface area contributed by atoms with E-state index < -0.39 is 4.92 Å². The Morgan fingerprint density at radius 2 is 1.93 bits per heavy atom. The Morgan fingerprint density at radius 3 is 2.59 bits per heavy atom. The van der Waals surface area contributed by atoms with Crippen LogP contribution in [0.4, 0.5) is 5.69 Å². The van der Waals surface area contributed by atoms with Gasteiger partial charge in [-0.1, -0.05) is 36.0 Å². The lowest BCUT2D eigenvalue weighted by Crippen LogP contribution is -2.50. The third-order valence-corrected chi connectivity index (χ3v) is 6.67. The Bertz CT molecular complexity index is 722. The first-order valence-electron chi connectivity index (χ1n) is 9.50. The monoisotopic (exact) mass is 413 g/mol. The van der Waals surface area contributed by atoms with Gasteiger partial charge in [0.05, 0.1) is 21.4 Å². The number of nitro groups is 1. The van der Waals surface area contributed by atoms with E-state index in [2.05, 4.69) is 5.32 Å². The number of rotatable bonds is 5. The normalized spacial score (nSPS) is 25.4. The lowest BCUT2D eigenvalue weighted by Gasteiger charge is -2.41. The number of amides is 1. The number of nitro benzene ring substituents is 1. The number of carbonyl (C=O) groups excluding carboxylic acids is 1. The van der Waals surface area contributed by atoms with Gasteiger partial charge in [0.1, 0.15) is 0 Å². The topological polar surface area (TPSA) is 75.5 Å². The van der Waals surface area contributed by atoms with Crippen LogP contribution in [-0.4, -0.2) is 41.4 Å². The Hall–Kier alpha value is -1.37. The summed E-state index contributed by atoms with van der Waals surface area (Å²) in [5.74, 6) is 0.324. The first kappa shape index (κ1) is 20.4. The maximum absolute atomic E-state index is 13.0. The largest absolute Gasteiger partial charge is 0.342 e. The third-order valence-electron chi connectivity index (χ3n) is 5.95. The molecule has 2 fully saturated rings. The van der Waals surface area contributed by atoms with E-state index in [1.165, 1.54) is 25.0 Å². The van der Waals surface area contributed by atoms with E-state index >= 15 is 0 Å². The van der Waals surface area contributed by atoms with Crippen LogP contribution in [0.25, 0.3) is 0 Å². The average molecular weight is 414 g/mol. The van der Waals surface area contributed by atoms with Gasteiger partial charge in [-0.3, -0.25) is 14.9 Å². The summed E-state index contributed by atoms with van der Waals surface area (Å²) in [6.45, 7) is 1.04. The summed E-state index contributed by atoms with van der Waals surface area (Å²) in [5, 5.41) is 15.3. The van der Waals surface area contributed by atoms with E-state index in [-0.39, 0.29) is 34.1 Å². The van der Waals surface area contributed by atoms with E-state index in [9.17, 15) is 14.9 Å². The maximum atomic E-state index is 13.0. The highest BCUT2D eigenvalue weighted by Gasteiger charge is 2.37. The number of carbonyl (C=O) groups is 1. The molecule has 3 unspecified atom stereocenters. The van der Waals surface area contributed by atoms with Crippen LogP contribution in [0.3, 0.4) is 0 Å². The molecule has 1 aromatic rings. The van der Waals surface area contributed by atoms with E-state index in [1.54, 1.807) is 4.90 Å². The van der Waals surface area contributed by atoms with Crippen molar-refractivity contribution < 1.29 is 9.72 Å². The van der Waals surface area contributed by atoms with Crippen molar-refractivity contribution in [2.45, 2.75) is 57.0 Å². The molecule has 1 aliphatic carbocycles. The fourth-order valence-electron chi connectivity index (χ4n) is 4.53. The highest BCUT2D eigenvalue weighted by Crippen LogP contribution is 2.35. The van der Waals surface area contributed by atoms with Gasteiger partial charge in [-0.25, -0.2) is 0 Å². The van der Waals surface area contributed by atoms with Gasteiger partial charge < -0.3 is 10.2 Å². The summed E-state index contributed by atoms with van der Waals surface area (Å²) in [4.78, 5) is 25.6. The third kappa shape index (κ3) is 4.55. The summed E-state index contributed by atoms with van der Waals surface area (Å²) >= 11 is 11.9. The van der Waals surface area contributed by atoms with Crippen LogP contribution < -0.4 is 5.32 Å². The van der Waals surface area contributed by atoms with Gasteiger partial charge in [0, 0.05) is 30.8 Å². The second kappa shape index (κ2) is 8.76. The van der Waals surface area contributed by atoms with Gasteiger partial charge in [0.15, 0.2) is 0 Å². The Morgan fingerprint density at radius 1 is 1.22 bits per heavy atom. The van der Waals surface area contributed by atoms with Crippen molar-refractivity contribution in [1.82, 2.24) is 10.2 Å². The average Bonchev–Trinajstić information content (AvgIpc) is 3.18. The minimum absolute atomic E-state index is 0.0506. The molecule has 1 N–H and O–H groups in total. The smallest absolute Gasteiger partial charge is 0.274 e. The molecule has 1 saturated carbocycles. The van der Waals surface area contributed by atoms with Gasteiger partial charge in [0.25, 0.3) is 5.69 Å². The van der Waals surface area contributed by atoms with Crippen molar-refractivity contribution in [3.05, 3.63) is 37.9 Å². The number of nitrogens with zero attached hydrogens (tertiary/aromatic N) is 2. The van der Waals surface area contributed by atoms with E-state index in [4.69, 9.17) is 23.2 Å². The molecular formula is C19H25Cl2N3O3. The van der Waals surface area contributed by atoms with E-state index in [1.807, 2.05) is 7.05 Å². The second-order valence-corrected chi connectivity index (χ2v) is 8.37. The van der Waals surface area contributed by atoms with E-state index in [0.29, 0.717) is 17.5 Å². The zero-order chi connectivity index (χ0) is 19.6. The van der Waals surface area contributed by atoms with Gasteiger partial charge in [-0.2, -0.15) is 0 Å². The van der Waals surface area contributed by atoms with Gasteiger partial charge in [0.2, 0.25) is 5.91 Å². The Balaban J connectivity index is 1.77. The minimum Gasteiger partial charge on any atom is -0.342 e. The first-order valence-corrected chi connectivity index (χ1v) is 10.3. The van der Waals surface area contributed by atoms with Crippen molar-refractivity contribution in [3.8, 4) is 0 Å². The van der Waals surface area contributed by atoms with Crippen LogP contribution in [0.15, 0.2) is 12.1 Å². The van der Waals surface area contributed by atoms with Crippen LogP contribution >= 0.6 is 23.2 Å². The number of hydrogen-bond acceptors (Lipinski definition) is 4. The number of nitrogens with one attached hydrogen (secondary N) is 1. The fourth-order valence-corrected chi connectivity index (χ4v) is 4.87. The lowest BCUT2D eigenvalue weighted by molar-refractivity contribution is -0.385. The Kier molecular flexibility index (Phi) is 6.61. The lowest BCUT2D eigenvalue weighted by atomic mass is 9.78. The molecule has 1 aliphatic heterocycles. The highest BCUT2D eigenvalue weighted by molar-refractivity contribution is 6.42. The minimum atomic E-state index is -0.517. The first-order chi connectivity index (χ1) is 12.9. The Labute approximate surface area is 169 Å². The summed E-state index contributed by atoms with van der Waals surface area (Å²) < 4.78 is 0. The summed E-state index contributed by atoms with van der Waals surface area (Å²) in [5.41, 5.74) is 0.140.